The van der Waals surface area contributed by atoms with Crippen LogP contribution in [0, 0.1) is 22.7 Å². The normalized spacial score (nSPS) is 47.1. The highest BCUT2D eigenvalue weighted by Gasteiger charge is 2.75. The number of ketones is 2. The molecule has 3 fully saturated rings. The lowest BCUT2D eigenvalue weighted by Crippen LogP contribution is -2.67. The molecule has 2 saturated carbocycles. The number of fused-ring (bicyclic) bond motifs is 4. The summed E-state index contributed by atoms with van der Waals surface area (Å²) in [5.74, 6) is 0.785. The smallest absolute Gasteiger partial charge is 0.192 e. The average molecular weight is 419 g/mol. The first kappa shape index (κ1) is 21.4. The Bertz CT molecular complexity index is 808. The van der Waals surface area contributed by atoms with Crippen molar-refractivity contribution in [2.75, 3.05) is 0 Å². The molecule has 4 nitrogen and oxygen atoms in total. The molecule has 0 radical (unpaired) electrons. The summed E-state index contributed by atoms with van der Waals surface area (Å²) in [4.78, 5) is 26.5. The predicted octanol–water partition coefficient (Wildman–Crippen LogP) is 5.07. The van der Waals surface area contributed by atoms with Crippen LogP contribution in [0.25, 0.3) is 0 Å². The number of ether oxygens (including phenoxy) is 1. The van der Waals surface area contributed by atoms with Gasteiger partial charge in [0.15, 0.2) is 25.5 Å². The van der Waals surface area contributed by atoms with Gasteiger partial charge >= 0.3 is 0 Å². The number of allylic oxidation sites excluding steroid dienone is 2. The summed E-state index contributed by atoms with van der Waals surface area (Å²) in [7, 11) is -2.07. The highest BCUT2D eigenvalue weighted by molar-refractivity contribution is 6.74. The predicted molar refractivity (Wildman–Crippen MR) is 116 cm³/mol. The summed E-state index contributed by atoms with van der Waals surface area (Å²) in [5, 5.41) is 0.0766. The Morgan fingerprint density at radius 3 is 2.34 bits per heavy atom. The first-order valence-electron chi connectivity index (χ1n) is 11.2. The van der Waals surface area contributed by atoms with Crippen molar-refractivity contribution < 1.29 is 18.8 Å². The van der Waals surface area contributed by atoms with Crippen LogP contribution in [-0.4, -0.2) is 37.7 Å². The molecule has 0 unspecified atom stereocenters. The zero-order valence-electron chi connectivity index (χ0n) is 19.6. The van der Waals surface area contributed by atoms with Crippen molar-refractivity contribution in [3.8, 4) is 0 Å². The van der Waals surface area contributed by atoms with E-state index in [2.05, 4.69) is 54.6 Å². The minimum Gasteiger partial charge on any atom is -0.413 e. The van der Waals surface area contributed by atoms with Gasteiger partial charge in [-0.2, -0.15) is 0 Å². The molecule has 0 aromatic heterocycles. The first-order chi connectivity index (χ1) is 13.1. The van der Waals surface area contributed by atoms with Gasteiger partial charge in [-0.15, -0.1) is 0 Å². The van der Waals surface area contributed by atoms with Crippen LogP contribution in [0.4, 0.5) is 0 Å². The molecule has 7 atom stereocenters. The molecule has 1 saturated heterocycles. The van der Waals surface area contributed by atoms with Crippen LogP contribution in [0.1, 0.15) is 67.7 Å². The maximum Gasteiger partial charge on any atom is 0.192 e. The molecule has 1 aliphatic heterocycles. The van der Waals surface area contributed by atoms with E-state index in [0.717, 1.165) is 18.4 Å². The summed E-state index contributed by atoms with van der Waals surface area (Å²) in [6.07, 6.45) is 3.90. The molecule has 0 spiro atoms. The van der Waals surface area contributed by atoms with E-state index < -0.39 is 19.3 Å². The van der Waals surface area contributed by atoms with Crippen molar-refractivity contribution >= 4 is 19.9 Å². The number of carbonyl (C=O) groups is 2. The fraction of sp³-hybridized carbons (Fsp3) is 0.833. The third-order valence-electron chi connectivity index (χ3n) is 9.51. The van der Waals surface area contributed by atoms with Crippen molar-refractivity contribution in [3.63, 3.8) is 0 Å². The van der Waals surface area contributed by atoms with Gasteiger partial charge in [0.2, 0.25) is 0 Å². The Balaban J connectivity index is 1.82. The van der Waals surface area contributed by atoms with Crippen molar-refractivity contribution in [2.45, 2.75) is 104 Å². The number of epoxide rings is 1. The highest BCUT2D eigenvalue weighted by atomic mass is 28.4. The second-order valence-corrected chi connectivity index (χ2v) is 17.1. The Morgan fingerprint density at radius 1 is 1.14 bits per heavy atom. The topological polar surface area (TPSA) is 55.9 Å². The van der Waals surface area contributed by atoms with Crippen LogP contribution >= 0.6 is 0 Å². The van der Waals surface area contributed by atoms with E-state index in [4.69, 9.17) is 9.16 Å². The van der Waals surface area contributed by atoms with E-state index in [1.54, 1.807) is 0 Å². The average Bonchev–Trinajstić information content (AvgIpc) is 3.23. The van der Waals surface area contributed by atoms with E-state index in [-0.39, 0.29) is 46.1 Å². The van der Waals surface area contributed by atoms with Gasteiger partial charge in [-0.3, -0.25) is 9.59 Å². The van der Waals surface area contributed by atoms with Gasteiger partial charge in [0.25, 0.3) is 0 Å². The molecule has 4 aliphatic rings. The molecule has 0 aromatic carbocycles. The molecule has 0 amide bonds. The molecular formula is C24H38O4Si. The zero-order chi connectivity index (χ0) is 21.8. The minimum atomic E-state index is -2.07. The summed E-state index contributed by atoms with van der Waals surface area (Å²) >= 11 is 0. The third-order valence-corrected chi connectivity index (χ3v) is 14.0. The molecule has 0 bridgehead atoms. The highest BCUT2D eigenvalue weighted by Crippen LogP contribution is 2.68. The summed E-state index contributed by atoms with van der Waals surface area (Å²) in [5.41, 5.74) is -0.318. The van der Waals surface area contributed by atoms with Crippen molar-refractivity contribution in [3.05, 3.63) is 11.6 Å². The Morgan fingerprint density at radius 2 is 1.76 bits per heavy atom. The van der Waals surface area contributed by atoms with Crippen molar-refractivity contribution in [1.82, 2.24) is 0 Å². The van der Waals surface area contributed by atoms with Crippen LogP contribution in [-0.2, 0) is 18.8 Å². The van der Waals surface area contributed by atoms with Gasteiger partial charge in [0.1, 0.15) is 0 Å². The molecule has 3 aliphatic carbocycles. The maximum absolute atomic E-state index is 13.9. The van der Waals surface area contributed by atoms with Crippen molar-refractivity contribution in [1.29, 1.82) is 0 Å². The Labute approximate surface area is 176 Å². The van der Waals surface area contributed by atoms with Gasteiger partial charge in [-0.25, -0.2) is 0 Å². The minimum absolute atomic E-state index is 0.00140. The fourth-order valence-corrected chi connectivity index (χ4v) is 8.02. The van der Waals surface area contributed by atoms with Crippen LogP contribution in [0.15, 0.2) is 11.6 Å². The Kier molecular flexibility index (Phi) is 4.38. The molecule has 162 valence electrons. The fourth-order valence-electron chi connectivity index (χ4n) is 6.62. The zero-order valence-corrected chi connectivity index (χ0v) is 20.6. The van der Waals surface area contributed by atoms with E-state index in [0.29, 0.717) is 6.42 Å². The summed E-state index contributed by atoms with van der Waals surface area (Å²) in [6.45, 7) is 19.7. The monoisotopic (exact) mass is 418 g/mol. The Hall–Kier alpha value is -0.783. The number of hydrogen-bond acceptors (Lipinski definition) is 4. The van der Waals surface area contributed by atoms with Crippen LogP contribution < -0.4 is 0 Å². The van der Waals surface area contributed by atoms with Gasteiger partial charge in [-0.05, 0) is 75.1 Å². The van der Waals surface area contributed by atoms with E-state index in [1.165, 1.54) is 0 Å². The summed E-state index contributed by atoms with van der Waals surface area (Å²) < 4.78 is 13.0. The lowest BCUT2D eigenvalue weighted by molar-refractivity contribution is -0.172. The van der Waals surface area contributed by atoms with Crippen LogP contribution in [0.2, 0.25) is 18.1 Å². The molecule has 1 heterocycles. The second-order valence-electron chi connectivity index (χ2n) is 12.3. The molecule has 0 N–H and O–H groups in total. The number of Topliss-reactive ketones (excluding diaryl/α,β-unsaturated/α-hetero) is 1. The SMILES string of the molecule is CC1=CC(=O)C[C@]2(C)[C@H]3C[C@@H]4O[C@]4(C)C(=O)[C@]3(C)[C@H](O[Si](C)(C)C(C)(C)C)C[C@@H]12. The second kappa shape index (κ2) is 5.92. The first-order valence-corrected chi connectivity index (χ1v) is 14.1. The van der Waals surface area contributed by atoms with Gasteiger partial charge in [0, 0.05) is 6.42 Å². The van der Waals surface area contributed by atoms with E-state index in [1.807, 2.05) is 13.0 Å². The van der Waals surface area contributed by atoms with E-state index >= 15 is 0 Å². The molecular weight excluding hydrogens is 380 g/mol. The van der Waals surface area contributed by atoms with Gasteiger partial charge < -0.3 is 9.16 Å². The van der Waals surface area contributed by atoms with Gasteiger partial charge in [0.05, 0.1) is 17.6 Å². The molecule has 29 heavy (non-hydrogen) atoms. The van der Waals surface area contributed by atoms with Crippen LogP contribution in [0.3, 0.4) is 0 Å². The standard InChI is InChI=1S/C24H38O4Si/c1-14-10-15(25)13-22(5)16(14)11-18(28-29(8,9)21(2,3)4)23(6)17(22)12-19-24(7,27-19)20(23)26/h10,16-19H,11-13H2,1-9H3/t16-,17+,18+,19-,22-,23-,24-/m0/s1. The number of carbonyl (C=O) groups excluding carboxylic acids is 2. The quantitative estimate of drug-likeness (QED) is 0.464. The molecule has 0 aromatic rings. The van der Waals surface area contributed by atoms with Crippen molar-refractivity contribution in [2.24, 2.45) is 22.7 Å². The van der Waals surface area contributed by atoms with E-state index in [9.17, 15) is 9.59 Å². The van der Waals surface area contributed by atoms with Gasteiger partial charge in [-0.1, -0.05) is 33.3 Å². The number of hydrogen-bond donors (Lipinski definition) is 0. The summed E-state index contributed by atoms with van der Waals surface area (Å²) in [6, 6.07) is 0. The third kappa shape index (κ3) is 2.76. The lowest BCUT2D eigenvalue weighted by Gasteiger charge is -2.62. The lowest BCUT2D eigenvalue weighted by atomic mass is 9.43. The van der Waals surface area contributed by atoms with Crippen LogP contribution in [0.5, 0.6) is 0 Å². The largest absolute Gasteiger partial charge is 0.413 e. The number of rotatable bonds is 2. The maximum atomic E-state index is 13.9. The molecule has 4 rings (SSSR count). The molecule has 5 heteroatoms.